The van der Waals surface area contributed by atoms with Gasteiger partial charge in [0.25, 0.3) is 0 Å². The monoisotopic (exact) mass is 269 g/mol. The van der Waals surface area contributed by atoms with E-state index in [4.69, 9.17) is 0 Å². The Morgan fingerprint density at radius 1 is 1.11 bits per heavy atom. The fourth-order valence-electron chi connectivity index (χ4n) is 3.71. The lowest BCUT2D eigenvalue weighted by Crippen LogP contribution is -2.44. The predicted molar refractivity (Wildman–Crippen MR) is 83.2 cm³/mol. The second-order valence-corrected chi connectivity index (χ2v) is 8.12. The maximum atomic E-state index is 3.94. The van der Waals surface area contributed by atoms with Crippen LogP contribution in [0.15, 0.2) is 0 Å². The molecular formula is C16H31NS. The zero-order valence-electron chi connectivity index (χ0n) is 12.5. The largest absolute Gasteiger partial charge is 0.313 e. The Morgan fingerprint density at radius 3 is 2.50 bits per heavy atom. The molecule has 1 saturated carbocycles. The first-order valence-corrected chi connectivity index (χ1v) is 9.13. The highest BCUT2D eigenvalue weighted by atomic mass is 32.2. The first-order chi connectivity index (χ1) is 8.66. The van der Waals surface area contributed by atoms with Crippen molar-refractivity contribution in [2.24, 2.45) is 23.7 Å². The summed E-state index contributed by atoms with van der Waals surface area (Å²) >= 11 is 2.14. The van der Waals surface area contributed by atoms with Crippen LogP contribution in [0.2, 0.25) is 0 Å². The molecule has 3 atom stereocenters. The number of hydrogen-bond donors (Lipinski definition) is 1. The molecule has 18 heavy (non-hydrogen) atoms. The maximum absolute atomic E-state index is 3.94. The number of nitrogens with one attached hydrogen (secondary N) is 1. The molecule has 0 spiro atoms. The Balaban J connectivity index is 1.80. The summed E-state index contributed by atoms with van der Waals surface area (Å²) in [4.78, 5) is 0. The number of rotatable bonds is 4. The van der Waals surface area contributed by atoms with Crippen LogP contribution in [0.3, 0.4) is 0 Å². The van der Waals surface area contributed by atoms with Gasteiger partial charge >= 0.3 is 0 Å². The highest BCUT2D eigenvalue weighted by Gasteiger charge is 2.30. The molecule has 0 bridgehead atoms. The van der Waals surface area contributed by atoms with Gasteiger partial charge in [0.15, 0.2) is 0 Å². The van der Waals surface area contributed by atoms with Crippen molar-refractivity contribution in [2.75, 3.05) is 18.1 Å². The highest BCUT2D eigenvalue weighted by Crippen LogP contribution is 2.33. The molecule has 2 rings (SSSR count). The molecule has 2 fully saturated rings. The SMILES string of the molecule is CC1CCC(C(C)C)C(NCC2CCSCC2)C1. The van der Waals surface area contributed by atoms with Crippen LogP contribution in [0.5, 0.6) is 0 Å². The summed E-state index contributed by atoms with van der Waals surface area (Å²) in [6.07, 6.45) is 7.17. The van der Waals surface area contributed by atoms with Gasteiger partial charge in [0, 0.05) is 6.04 Å². The summed E-state index contributed by atoms with van der Waals surface area (Å²) in [5.74, 6) is 6.42. The van der Waals surface area contributed by atoms with Gasteiger partial charge in [-0.05, 0) is 67.4 Å². The quantitative estimate of drug-likeness (QED) is 0.821. The van der Waals surface area contributed by atoms with E-state index in [-0.39, 0.29) is 0 Å². The van der Waals surface area contributed by atoms with Crippen LogP contribution in [0.4, 0.5) is 0 Å². The van der Waals surface area contributed by atoms with Crippen molar-refractivity contribution in [1.82, 2.24) is 5.32 Å². The Bertz CT molecular complexity index is 235. The van der Waals surface area contributed by atoms with Gasteiger partial charge < -0.3 is 5.32 Å². The Morgan fingerprint density at radius 2 is 1.83 bits per heavy atom. The summed E-state index contributed by atoms with van der Waals surface area (Å²) in [6.45, 7) is 8.53. The van der Waals surface area contributed by atoms with E-state index in [0.717, 1.165) is 29.7 Å². The van der Waals surface area contributed by atoms with Crippen molar-refractivity contribution in [3.05, 3.63) is 0 Å². The van der Waals surface area contributed by atoms with Crippen LogP contribution in [0, 0.1) is 23.7 Å². The maximum Gasteiger partial charge on any atom is 0.0100 e. The zero-order chi connectivity index (χ0) is 13.0. The Labute approximate surface area is 118 Å². The van der Waals surface area contributed by atoms with E-state index in [1.807, 2.05) is 0 Å². The molecule has 3 unspecified atom stereocenters. The van der Waals surface area contributed by atoms with Crippen LogP contribution < -0.4 is 5.32 Å². The lowest BCUT2D eigenvalue weighted by atomic mass is 9.74. The molecule has 0 aromatic carbocycles. The molecule has 0 aromatic rings. The van der Waals surface area contributed by atoms with Crippen molar-refractivity contribution >= 4 is 11.8 Å². The third-order valence-corrected chi connectivity index (χ3v) is 6.08. The summed E-state index contributed by atoms with van der Waals surface area (Å²) in [7, 11) is 0. The minimum absolute atomic E-state index is 0.795. The second kappa shape index (κ2) is 7.19. The van der Waals surface area contributed by atoms with Crippen LogP contribution in [0.1, 0.15) is 52.9 Å². The van der Waals surface area contributed by atoms with Crippen molar-refractivity contribution < 1.29 is 0 Å². The molecule has 1 saturated heterocycles. The molecule has 0 aromatic heterocycles. The number of thioether (sulfide) groups is 1. The van der Waals surface area contributed by atoms with Gasteiger partial charge in [0.1, 0.15) is 0 Å². The van der Waals surface area contributed by atoms with Gasteiger partial charge in [-0.25, -0.2) is 0 Å². The smallest absolute Gasteiger partial charge is 0.0100 e. The first-order valence-electron chi connectivity index (χ1n) is 7.98. The standard InChI is InChI=1S/C16H31NS/c1-12(2)15-5-4-13(3)10-16(15)17-11-14-6-8-18-9-7-14/h12-17H,4-11H2,1-3H3. The highest BCUT2D eigenvalue weighted by molar-refractivity contribution is 7.99. The van der Waals surface area contributed by atoms with Gasteiger partial charge in [-0.1, -0.05) is 27.2 Å². The van der Waals surface area contributed by atoms with Gasteiger partial charge in [-0.2, -0.15) is 11.8 Å². The van der Waals surface area contributed by atoms with E-state index in [2.05, 4.69) is 37.8 Å². The molecule has 1 aliphatic heterocycles. The van der Waals surface area contributed by atoms with Crippen molar-refractivity contribution in [3.63, 3.8) is 0 Å². The lowest BCUT2D eigenvalue weighted by Gasteiger charge is -2.39. The second-order valence-electron chi connectivity index (χ2n) is 6.90. The van der Waals surface area contributed by atoms with Crippen LogP contribution >= 0.6 is 11.8 Å². The molecule has 2 aliphatic rings. The summed E-state index contributed by atoms with van der Waals surface area (Å²) in [5.41, 5.74) is 0. The normalized spacial score (nSPS) is 35.0. The van der Waals surface area contributed by atoms with E-state index >= 15 is 0 Å². The van der Waals surface area contributed by atoms with E-state index < -0.39 is 0 Å². The topological polar surface area (TPSA) is 12.0 Å². The molecule has 2 heteroatoms. The van der Waals surface area contributed by atoms with Crippen LogP contribution in [0.25, 0.3) is 0 Å². The zero-order valence-corrected chi connectivity index (χ0v) is 13.3. The third kappa shape index (κ3) is 4.16. The van der Waals surface area contributed by atoms with Gasteiger partial charge in [-0.15, -0.1) is 0 Å². The van der Waals surface area contributed by atoms with E-state index in [1.54, 1.807) is 0 Å². The minimum atomic E-state index is 0.795. The van der Waals surface area contributed by atoms with Crippen molar-refractivity contribution in [2.45, 2.75) is 58.9 Å². The summed E-state index contributed by atoms with van der Waals surface area (Å²) in [6, 6.07) is 0.795. The van der Waals surface area contributed by atoms with Crippen molar-refractivity contribution in [1.29, 1.82) is 0 Å². The first kappa shape index (κ1) is 14.7. The Kier molecular flexibility index (Phi) is 5.88. The predicted octanol–water partition coefficient (Wildman–Crippen LogP) is 4.18. The van der Waals surface area contributed by atoms with E-state index in [9.17, 15) is 0 Å². The van der Waals surface area contributed by atoms with Crippen LogP contribution in [-0.4, -0.2) is 24.1 Å². The summed E-state index contributed by atoms with van der Waals surface area (Å²) in [5, 5.41) is 3.94. The van der Waals surface area contributed by atoms with Gasteiger partial charge in [-0.3, -0.25) is 0 Å². The molecule has 106 valence electrons. The fourth-order valence-corrected chi connectivity index (χ4v) is 4.91. The van der Waals surface area contributed by atoms with E-state index in [1.165, 1.54) is 50.2 Å². The molecule has 1 nitrogen and oxygen atoms in total. The molecular weight excluding hydrogens is 238 g/mol. The third-order valence-electron chi connectivity index (χ3n) is 5.03. The van der Waals surface area contributed by atoms with Gasteiger partial charge in [0.2, 0.25) is 0 Å². The molecule has 1 heterocycles. The van der Waals surface area contributed by atoms with Crippen molar-refractivity contribution in [3.8, 4) is 0 Å². The lowest BCUT2D eigenvalue weighted by molar-refractivity contribution is 0.164. The fraction of sp³-hybridized carbons (Fsp3) is 1.00. The average molecular weight is 269 g/mol. The number of hydrogen-bond acceptors (Lipinski definition) is 2. The molecule has 0 radical (unpaired) electrons. The molecule has 1 N–H and O–H groups in total. The van der Waals surface area contributed by atoms with Crippen LogP contribution in [-0.2, 0) is 0 Å². The Hall–Kier alpha value is 0.310. The average Bonchev–Trinajstić information content (AvgIpc) is 2.37. The van der Waals surface area contributed by atoms with E-state index in [0.29, 0.717) is 0 Å². The molecule has 1 aliphatic carbocycles. The molecule has 0 amide bonds. The summed E-state index contributed by atoms with van der Waals surface area (Å²) < 4.78 is 0. The van der Waals surface area contributed by atoms with Gasteiger partial charge in [0.05, 0.1) is 0 Å². The minimum Gasteiger partial charge on any atom is -0.313 e.